The lowest BCUT2D eigenvalue weighted by molar-refractivity contribution is -0.155. The van der Waals surface area contributed by atoms with Gasteiger partial charge in [-0.25, -0.2) is 4.79 Å². The van der Waals surface area contributed by atoms with Gasteiger partial charge in [0.25, 0.3) is 0 Å². The number of carboxylic acid groups (broad SMARTS) is 1. The molecule has 0 bridgehead atoms. The molecule has 2 N–H and O–H groups in total. The maximum atomic E-state index is 12.8. The largest absolute Gasteiger partial charge is 0.479 e. The third-order valence-corrected chi connectivity index (χ3v) is 5.98. The fourth-order valence-electron chi connectivity index (χ4n) is 4.25. The molecule has 0 spiro atoms. The molecular weight excluding hydrogens is 380 g/mol. The van der Waals surface area contributed by atoms with Crippen molar-refractivity contribution in [2.75, 3.05) is 13.1 Å². The van der Waals surface area contributed by atoms with Crippen molar-refractivity contribution in [2.24, 2.45) is 0 Å². The zero-order valence-corrected chi connectivity index (χ0v) is 19.3. The van der Waals surface area contributed by atoms with Gasteiger partial charge in [0.15, 0.2) is 11.8 Å². The predicted octanol–water partition coefficient (Wildman–Crippen LogP) is 4.70. The minimum atomic E-state index is -1.34. The van der Waals surface area contributed by atoms with Gasteiger partial charge in [0.05, 0.1) is 6.04 Å². The van der Waals surface area contributed by atoms with Crippen LogP contribution in [0.2, 0.25) is 0 Å². The van der Waals surface area contributed by atoms with Gasteiger partial charge in [-0.05, 0) is 32.2 Å². The molecule has 0 radical (unpaired) electrons. The zero-order valence-electron chi connectivity index (χ0n) is 19.3. The third kappa shape index (κ3) is 10.1. The van der Waals surface area contributed by atoms with Gasteiger partial charge in [0, 0.05) is 13.0 Å². The van der Waals surface area contributed by atoms with Gasteiger partial charge in [0.1, 0.15) is 0 Å². The molecule has 1 rings (SSSR count). The van der Waals surface area contributed by atoms with E-state index in [0.717, 1.165) is 25.8 Å². The standard InChI is InChI=1S/C24H44N2O4/c1-3-5-6-7-8-9-10-11-12-13-14-17-21(27)22(24(29)30)26(19-4-2)23(28)20-16-15-18-25-20/h20,22,25H,3-19H2,1-2H3,(H,29,30)/t20-,22-/m0/s1. The Bertz CT molecular complexity index is 503. The molecule has 30 heavy (non-hydrogen) atoms. The average Bonchev–Trinajstić information content (AvgIpc) is 3.25. The second kappa shape index (κ2) is 16.3. The lowest BCUT2D eigenvalue weighted by Gasteiger charge is -2.30. The highest BCUT2D eigenvalue weighted by Crippen LogP contribution is 2.16. The van der Waals surface area contributed by atoms with Crippen LogP contribution >= 0.6 is 0 Å². The number of ketones is 1. The molecule has 1 aliphatic rings. The Morgan fingerprint density at radius 1 is 0.900 bits per heavy atom. The van der Waals surface area contributed by atoms with Crippen LogP contribution in [0.25, 0.3) is 0 Å². The van der Waals surface area contributed by atoms with Crippen LogP contribution < -0.4 is 5.32 Å². The quantitative estimate of drug-likeness (QED) is 0.246. The van der Waals surface area contributed by atoms with E-state index in [-0.39, 0.29) is 24.2 Å². The van der Waals surface area contributed by atoms with Crippen LogP contribution in [0.15, 0.2) is 0 Å². The number of carboxylic acids is 1. The molecule has 1 saturated heterocycles. The van der Waals surface area contributed by atoms with Gasteiger partial charge >= 0.3 is 5.97 Å². The fraction of sp³-hybridized carbons (Fsp3) is 0.875. The van der Waals surface area contributed by atoms with Gasteiger partial charge in [-0.3, -0.25) is 9.59 Å². The summed E-state index contributed by atoms with van der Waals surface area (Å²) in [7, 11) is 0. The Hall–Kier alpha value is -1.43. The summed E-state index contributed by atoms with van der Waals surface area (Å²) in [6, 6.07) is -1.70. The molecule has 0 saturated carbocycles. The second-order valence-corrected chi connectivity index (χ2v) is 8.67. The topological polar surface area (TPSA) is 86.7 Å². The van der Waals surface area contributed by atoms with Crippen molar-refractivity contribution < 1.29 is 19.5 Å². The van der Waals surface area contributed by atoms with Crippen LogP contribution in [0.1, 0.15) is 110 Å². The van der Waals surface area contributed by atoms with E-state index >= 15 is 0 Å². The summed E-state index contributed by atoms with van der Waals surface area (Å²) in [6.07, 6.45) is 15.5. The monoisotopic (exact) mass is 424 g/mol. The maximum Gasteiger partial charge on any atom is 0.334 e. The summed E-state index contributed by atoms with van der Waals surface area (Å²) in [6.45, 7) is 5.20. The molecule has 174 valence electrons. The van der Waals surface area contributed by atoms with Crippen LogP contribution in [0.5, 0.6) is 0 Å². The lowest BCUT2D eigenvalue weighted by atomic mass is 10.0. The highest BCUT2D eigenvalue weighted by atomic mass is 16.4. The summed E-state index contributed by atoms with van der Waals surface area (Å²) in [4.78, 5) is 38.6. The predicted molar refractivity (Wildman–Crippen MR) is 121 cm³/mol. The van der Waals surface area contributed by atoms with Crippen LogP contribution in [-0.2, 0) is 14.4 Å². The number of rotatable bonds is 18. The Balaban J connectivity index is 2.34. The van der Waals surface area contributed by atoms with Crippen molar-refractivity contribution in [3.63, 3.8) is 0 Å². The van der Waals surface area contributed by atoms with Gasteiger partial charge in [0.2, 0.25) is 5.91 Å². The number of amides is 1. The maximum absolute atomic E-state index is 12.8. The smallest absolute Gasteiger partial charge is 0.334 e. The van der Waals surface area contributed by atoms with E-state index in [2.05, 4.69) is 12.2 Å². The molecule has 1 aliphatic heterocycles. The highest BCUT2D eigenvalue weighted by Gasteiger charge is 2.38. The molecule has 1 heterocycles. The van der Waals surface area contributed by atoms with E-state index in [4.69, 9.17) is 0 Å². The minimum absolute atomic E-state index is 0.236. The lowest BCUT2D eigenvalue weighted by Crippen LogP contribution is -2.54. The average molecular weight is 425 g/mol. The van der Waals surface area contributed by atoms with Gasteiger partial charge in [-0.2, -0.15) is 0 Å². The molecule has 0 unspecified atom stereocenters. The van der Waals surface area contributed by atoms with Crippen molar-refractivity contribution in [3.05, 3.63) is 0 Å². The first-order chi connectivity index (χ1) is 14.5. The Morgan fingerprint density at radius 3 is 1.93 bits per heavy atom. The summed E-state index contributed by atoms with van der Waals surface area (Å²) in [5.74, 6) is -1.78. The molecule has 0 aromatic rings. The summed E-state index contributed by atoms with van der Waals surface area (Å²) in [5, 5.41) is 12.8. The number of nitrogens with one attached hydrogen (secondary N) is 1. The second-order valence-electron chi connectivity index (χ2n) is 8.67. The van der Waals surface area contributed by atoms with Crippen LogP contribution in [0, 0.1) is 0 Å². The number of nitrogens with zero attached hydrogens (tertiary/aromatic N) is 1. The summed E-state index contributed by atoms with van der Waals surface area (Å²) >= 11 is 0. The number of aliphatic carboxylic acids is 1. The molecule has 0 aromatic heterocycles. The SMILES string of the molecule is CCCCCCCCCCCCCC(=O)[C@@H](C(=O)O)N(CCC)C(=O)[C@@H]1CCCN1. The minimum Gasteiger partial charge on any atom is -0.479 e. The Morgan fingerprint density at radius 2 is 1.47 bits per heavy atom. The van der Waals surface area contributed by atoms with E-state index in [1.165, 1.54) is 56.3 Å². The Kier molecular flexibility index (Phi) is 14.4. The number of hydrogen-bond donors (Lipinski definition) is 2. The Labute approximate surface area is 183 Å². The number of carbonyl (C=O) groups excluding carboxylic acids is 2. The van der Waals surface area contributed by atoms with Gasteiger partial charge in [-0.1, -0.05) is 78.1 Å². The molecule has 6 nitrogen and oxygen atoms in total. The van der Waals surface area contributed by atoms with E-state index in [9.17, 15) is 19.5 Å². The number of hydrogen-bond acceptors (Lipinski definition) is 4. The van der Waals surface area contributed by atoms with Crippen molar-refractivity contribution >= 4 is 17.7 Å². The van der Waals surface area contributed by atoms with Crippen molar-refractivity contribution in [1.29, 1.82) is 0 Å². The van der Waals surface area contributed by atoms with Gasteiger partial charge < -0.3 is 15.3 Å². The van der Waals surface area contributed by atoms with E-state index in [0.29, 0.717) is 25.8 Å². The van der Waals surface area contributed by atoms with Crippen molar-refractivity contribution in [1.82, 2.24) is 10.2 Å². The molecule has 2 atom stereocenters. The summed E-state index contributed by atoms with van der Waals surface area (Å²) in [5.41, 5.74) is 0. The normalized spacial score (nSPS) is 17.1. The van der Waals surface area contributed by atoms with Crippen LogP contribution in [0.3, 0.4) is 0 Å². The molecule has 6 heteroatoms. The molecule has 0 aromatic carbocycles. The first-order valence-corrected chi connectivity index (χ1v) is 12.3. The van der Waals surface area contributed by atoms with Crippen LogP contribution in [0.4, 0.5) is 0 Å². The fourth-order valence-corrected chi connectivity index (χ4v) is 4.25. The molecule has 0 aliphatic carbocycles. The molecular formula is C24H44N2O4. The molecule has 1 amide bonds. The summed E-state index contributed by atoms with van der Waals surface area (Å²) < 4.78 is 0. The zero-order chi connectivity index (χ0) is 22.2. The number of unbranched alkanes of at least 4 members (excludes halogenated alkanes) is 10. The third-order valence-electron chi connectivity index (χ3n) is 5.98. The van der Waals surface area contributed by atoms with Crippen molar-refractivity contribution in [2.45, 2.75) is 122 Å². The van der Waals surface area contributed by atoms with E-state index in [1.807, 2.05) is 6.92 Å². The van der Waals surface area contributed by atoms with Gasteiger partial charge in [-0.15, -0.1) is 0 Å². The first-order valence-electron chi connectivity index (χ1n) is 12.3. The van der Waals surface area contributed by atoms with Crippen molar-refractivity contribution in [3.8, 4) is 0 Å². The van der Waals surface area contributed by atoms with E-state index in [1.54, 1.807) is 0 Å². The van der Waals surface area contributed by atoms with E-state index < -0.39 is 12.0 Å². The first kappa shape index (κ1) is 26.6. The highest BCUT2D eigenvalue weighted by molar-refractivity contribution is 6.05. The van der Waals surface area contributed by atoms with Crippen LogP contribution in [-0.4, -0.2) is 52.8 Å². The molecule has 1 fully saturated rings. The number of carbonyl (C=O) groups is 3. The number of Topliss-reactive ketones (excluding diaryl/α,β-unsaturated/α-hetero) is 1.